The van der Waals surface area contributed by atoms with Crippen molar-refractivity contribution in [1.82, 2.24) is 0 Å². The van der Waals surface area contributed by atoms with Gasteiger partial charge in [0, 0.05) is 13.0 Å². The Kier molecular flexibility index (Phi) is 6.16. The lowest BCUT2D eigenvalue weighted by atomic mass is 9.30. The molecule has 0 aromatic rings. The Morgan fingerprint density at radius 3 is 2.06 bits per heavy atom. The molecule has 190 valence electrons. The van der Waals surface area contributed by atoms with E-state index in [0.717, 1.165) is 12.8 Å². The first-order valence-corrected chi connectivity index (χ1v) is 14.0. The van der Waals surface area contributed by atoms with Gasteiger partial charge in [0.15, 0.2) is 0 Å². The van der Waals surface area contributed by atoms with Crippen LogP contribution in [0.2, 0.25) is 0 Å². The summed E-state index contributed by atoms with van der Waals surface area (Å²) in [5.74, 6) is 1.10. The first kappa shape index (κ1) is 25.5. The molecule has 0 aromatic carbocycles. The highest BCUT2D eigenvalue weighted by Crippen LogP contribution is 2.77. The topological polar surface area (TPSA) is 57.5 Å². The van der Waals surface area contributed by atoms with E-state index < -0.39 is 5.97 Å². The smallest absolute Gasteiger partial charge is 0.303 e. The molecule has 4 saturated carbocycles. The van der Waals surface area contributed by atoms with Gasteiger partial charge in [0.25, 0.3) is 0 Å². The SMILES string of the molecule is CC[C@@]1(C)CC[C@H]2[C@@](C)(CC[C@@]3(C)[C@@H]4CC(C)(C)CC[C@]4(CO)CC[C@]23C)[C@@H]1CCC(=O)O. The molecule has 3 heteroatoms. The third-order valence-corrected chi connectivity index (χ3v) is 13.2. The molecule has 8 atom stereocenters. The number of aliphatic hydroxyl groups excluding tert-OH is 1. The van der Waals surface area contributed by atoms with Gasteiger partial charge in [-0.05, 0) is 114 Å². The van der Waals surface area contributed by atoms with E-state index in [2.05, 4.69) is 48.5 Å². The van der Waals surface area contributed by atoms with E-state index in [1.807, 2.05) is 0 Å². The van der Waals surface area contributed by atoms with Crippen LogP contribution in [0.1, 0.15) is 126 Å². The van der Waals surface area contributed by atoms with Gasteiger partial charge in [0.1, 0.15) is 0 Å². The van der Waals surface area contributed by atoms with Crippen molar-refractivity contribution in [1.29, 1.82) is 0 Å². The molecule has 0 spiro atoms. The fourth-order valence-corrected chi connectivity index (χ4v) is 10.6. The third kappa shape index (κ3) is 3.56. The van der Waals surface area contributed by atoms with Crippen LogP contribution in [0.15, 0.2) is 0 Å². The van der Waals surface area contributed by atoms with Gasteiger partial charge in [0.2, 0.25) is 0 Å². The second-order valence-electron chi connectivity index (χ2n) is 14.9. The van der Waals surface area contributed by atoms with Crippen molar-refractivity contribution in [2.75, 3.05) is 6.61 Å². The standard InChI is InChI=1S/C30H52O3/c1-8-26(4)12-11-22-27(5,21(26)9-10-24(32)33)14-15-29(7)23-19-25(2,3)13-17-30(23,20-31)18-16-28(22,29)6/h21-23,31H,8-20H2,1-7H3,(H,32,33)/t21-,22+,23+,26+,27+,28-,29+,30-/m1/s1. The van der Waals surface area contributed by atoms with Gasteiger partial charge in [-0.25, -0.2) is 0 Å². The Labute approximate surface area is 203 Å². The molecule has 4 rings (SSSR count). The highest BCUT2D eigenvalue weighted by Gasteiger charge is 2.70. The summed E-state index contributed by atoms with van der Waals surface area (Å²) in [5.41, 5.74) is 1.48. The van der Waals surface area contributed by atoms with E-state index in [4.69, 9.17) is 0 Å². The van der Waals surface area contributed by atoms with Crippen molar-refractivity contribution in [2.24, 2.45) is 50.2 Å². The van der Waals surface area contributed by atoms with Gasteiger partial charge < -0.3 is 10.2 Å². The van der Waals surface area contributed by atoms with Gasteiger partial charge in [-0.2, -0.15) is 0 Å². The monoisotopic (exact) mass is 460 g/mol. The number of carboxylic acids is 1. The second kappa shape index (κ2) is 7.97. The van der Waals surface area contributed by atoms with E-state index in [1.54, 1.807) is 0 Å². The van der Waals surface area contributed by atoms with Crippen molar-refractivity contribution in [3.05, 3.63) is 0 Å². The highest BCUT2D eigenvalue weighted by molar-refractivity contribution is 5.66. The number of rotatable bonds is 5. The molecule has 0 amide bonds. The largest absolute Gasteiger partial charge is 0.481 e. The van der Waals surface area contributed by atoms with Crippen LogP contribution < -0.4 is 0 Å². The predicted molar refractivity (Wildman–Crippen MR) is 135 cm³/mol. The minimum absolute atomic E-state index is 0.118. The van der Waals surface area contributed by atoms with Gasteiger partial charge in [0.05, 0.1) is 0 Å². The molecule has 0 aliphatic heterocycles. The molecule has 4 aliphatic rings. The van der Waals surface area contributed by atoms with E-state index in [9.17, 15) is 15.0 Å². The fraction of sp³-hybridized carbons (Fsp3) is 0.967. The molecular formula is C30H52O3. The Hall–Kier alpha value is -0.570. The average Bonchev–Trinajstić information content (AvgIpc) is 2.74. The zero-order valence-electron chi connectivity index (χ0n) is 22.7. The molecule has 0 bridgehead atoms. The summed E-state index contributed by atoms with van der Waals surface area (Å²) in [6.07, 6.45) is 13.4. The van der Waals surface area contributed by atoms with E-state index >= 15 is 0 Å². The summed E-state index contributed by atoms with van der Waals surface area (Å²) >= 11 is 0. The molecule has 2 N–H and O–H groups in total. The summed E-state index contributed by atoms with van der Waals surface area (Å²) in [6.45, 7) is 17.8. The first-order chi connectivity index (χ1) is 15.2. The molecular weight excluding hydrogens is 408 g/mol. The van der Waals surface area contributed by atoms with Crippen LogP contribution in [0.3, 0.4) is 0 Å². The number of aliphatic hydroxyl groups is 1. The Morgan fingerprint density at radius 1 is 0.848 bits per heavy atom. The average molecular weight is 461 g/mol. The number of hydrogen-bond acceptors (Lipinski definition) is 2. The normalized spacial score (nSPS) is 51.2. The maximum Gasteiger partial charge on any atom is 0.303 e. The lowest BCUT2D eigenvalue weighted by molar-refractivity contribution is -0.258. The molecule has 0 aromatic heterocycles. The molecule has 0 unspecified atom stereocenters. The Balaban J connectivity index is 1.75. The quantitative estimate of drug-likeness (QED) is 0.442. The lowest BCUT2D eigenvalue weighted by Crippen LogP contribution is -2.67. The van der Waals surface area contributed by atoms with Gasteiger partial charge in [-0.1, -0.05) is 54.9 Å². The van der Waals surface area contributed by atoms with Crippen molar-refractivity contribution < 1.29 is 15.0 Å². The fourth-order valence-electron chi connectivity index (χ4n) is 10.6. The van der Waals surface area contributed by atoms with E-state index in [0.29, 0.717) is 36.2 Å². The van der Waals surface area contributed by atoms with Crippen LogP contribution in [-0.2, 0) is 4.79 Å². The number of hydrogen-bond donors (Lipinski definition) is 2. The number of aliphatic carboxylic acids is 1. The molecule has 4 fully saturated rings. The van der Waals surface area contributed by atoms with Crippen LogP contribution >= 0.6 is 0 Å². The molecule has 33 heavy (non-hydrogen) atoms. The second-order valence-corrected chi connectivity index (χ2v) is 14.9. The summed E-state index contributed by atoms with van der Waals surface area (Å²) in [5, 5.41) is 20.3. The molecule has 0 saturated heterocycles. The maximum absolute atomic E-state index is 11.6. The molecule has 3 nitrogen and oxygen atoms in total. The molecule has 0 heterocycles. The van der Waals surface area contributed by atoms with Crippen LogP contribution in [0.5, 0.6) is 0 Å². The summed E-state index contributed by atoms with van der Waals surface area (Å²) < 4.78 is 0. The minimum atomic E-state index is -0.638. The van der Waals surface area contributed by atoms with Crippen LogP contribution in [-0.4, -0.2) is 22.8 Å². The number of carboxylic acid groups (broad SMARTS) is 1. The zero-order valence-corrected chi connectivity index (χ0v) is 22.7. The highest BCUT2D eigenvalue weighted by atomic mass is 16.4. The minimum Gasteiger partial charge on any atom is -0.481 e. The van der Waals surface area contributed by atoms with Crippen LogP contribution in [0, 0.1) is 50.2 Å². The summed E-state index contributed by atoms with van der Waals surface area (Å²) in [4.78, 5) is 11.6. The van der Waals surface area contributed by atoms with Gasteiger partial charge in [-0.3, -0.25) is 4.79 Å². The Bertz CT molecular complexity index is 775. The zero-order chi connectivity index (χ0) is 24.5. The first-order valence-electron chi connectivity index (χ1n) is 14.0. The number of fused-ring (bicyclic) bond motifs is 5. The van der Waals surface area contributed by atoms with Crippen molar-refractivity contribution >= 4 is 5.97 Å². The third-order valence-electron chi connectivity index (χ3n) is 13.2. The summed E-state index contributed by atoms with van der Waals surface area (Å²) in [6, 6.07) is 0. The molecule has 4 aliphatic carbocycles. The lowest BCUT2D eigenvalue weighted by Gasteiger charge is -2.74. The van der Waals surface area contributed by atoms with Gasteiger partial charge in [-0.15, -0.1) is 0 Å². The molecule has 0 radical (unpaired) electrons. The summed E-state index contributed by atoms with van der Waals surface area (Å²) in [7, 11) is 0. The van der Waals surface area contributed by atoms with Crippen LogP contribution in [0.4, 0.5) is 0 Å². The van der Waals surface area contributed by atoms with Gasteiger partial charge >= 0.3 is 5.97 Å². The van der Waals surface area contributed by atoms with Crippen molar-refractivity contribution in [3.63, 3.8) is 0 Å². The van der Waals surface area contributed by atoms with Crippen LogP contribution in [0.25, 0.3) is 0 Å². The predicted octanol–water partition coefficient (Wildman–Crippen LogP) is 7.71. The van der Waals surface area contributed by atoms with Crippen molar-refractivity contribution in [2.45, 2.75) is 126 Å². The maximum atomic E-state index is 11.6. The Morgan fingerprint density at radius 2 is 1.45 bits per heavy atom. The van der Waals surface area contributed by atoms with E-state index in [-0.39, 0.29) is 27.1 Å². The van der Waals surface area contributed by atoms with Crippen molar-refractivity contribution in [3.8, 4) is 0 Å². The van der Waals surface area contributed by atoms with E-state index in [1.165, 1.54) is 57.8 Å². The number of carbonyl (C=O) groups is 1.